The molecule has 0 amide bonds. The molecule has 34 heavy (non-hydrogen) atoms. The van der Waals surface area contributed by atoms with E-state index in [0.29, 0.717) is 29.4 Å². The molecule has 1 atom stereocenters. The van der Waals surface area contributed by atoms with E-state index >= 15 is 0 Å². The lowest BCUT2D eigenvalue weighted by Gasteiger charge is -2.13. The van der Waals surface area contributed by atoms with Gasteiger partial charge in [0.05, 0.1) is 18.4 Å². The maximum absolute atomic E-state index is 11.0. The Morgan fingerprint density at radius 3 is 2.35 bits per heavy atom. The molecule has 0 aliphatic heterocycles. The molecule has 174 valence electrons. The Hall–Kier alpha value is -4.31. The van der Waals surface area contributed by atoms with Crippen molar-refractivity contribution in [1.82, 2.24) is 0 Å². The molecule has 0 fully saturated rings. The Bertz CT molecular complexity index is 1170. The van der Waals surface area contributed by atoms with Crippen LogP contribution in [0.5, 0.6) is 11.5 Å². The van der Waals surface area contributed by atoms with Gasteiger partial charge in [0.2, 0.25) is 0 Å². The molecular weight excluding hydrogens is 432 g/mol. The average molecular weight is 459 g/mol. The van der Waals surface area contributed by atoms with E-state index in [4.69, 9.17) is 19.4 Å². The summed E-state index contributed by atoms with van der Waals surface area (Å²) in [7, 11) is 1.50. The van der Waals surface area contributed by atoms with E-state index in [2.05, 4.69) is 11.2 Å². The fourth-order valence-electron chi connectivity index (χ4n) is 3.43. The summed E-state index contributed by atoms with van der Waals surface area (Å²) in [4.78, 5) is 15.9. The van der Waals surface area contributed by atoms with Crippen LogP contribution in [-0.2, 0) is 16.2 Å². The molecule has 0 spiro atoms. The van der Waals surface area contributed by atoms with Crippen molar-refractivity contribution in [2.75, 3.05) is 13.7 Å². The van der Waals surface area contributed by atoms with E-state index in [9.17, 15) is 10.1 Å². The largest absolute Gasteiger partial charge is 0.489 e. The number of benzene rings is 3. The van der Waals surface area contributed by atoms with E-state index in [1.807, 2.05) is 67.6 Å². The van der Waals surface area contributed by atoms with Crippen molar-refractivity contribution in [2.45, 2.75) is 25.9 Å². The molecule has 7 heteroatoms. The monoisotopic (exact) mass is 458 g/mol. The maximum Gasteiger partial charge on any atom is 0.305 e. The number of nitrogens with zero attached hydrogens (tertiary/aromatic N) is 2. The molecule has 1 unspecified atom stereocenters. The van der Waals surface area contributed by atoms with E-state index in [-0.39, 0.29) is 13.0 Å². The lowest BCUT2D eigenvalue weighted by atomic mass is 9.93. The zero-order chi connectivity index (χ0) is 24.3. The highest BCUT2D eigenvalue weighted by Crippen LogP contribution is 2.26. The zero-order valence-electron chi connectivity index (χ0n) is 19.1. The van der Waals surface area contributed by atoms with Gasteiger partial charge in [0, 0.05) is 5.56 Å². The Balaban J connectivity index is 1.57. The van der Waals surface area contributed by atoms with Crippen molar-refractivity contribution in [3.05, 3.63) is 95.1 Å². The quantitative estimate of drug-likeness (QED) is 0.317. The summed E-state index contributed by atoms with van der Waals surface area (Å²) < 4.78 is 11.7. The van der Waals surface area contributed by atoms with Gasteiger partial charge in [-0.3, -0.25) is 4.79 Å². The SMILES string of the molecule is CO/N=C(/COc1ccc(COc2ccc(C(C#N)CC(=O)O)c(C)c2)cc1)c1ccccc1. The molecule has 7 nitrogen and oxygen atoms in total. The summed E-state index contributed by atoms with van der Waals surface area (Å²) in [5.74, 6) is -0.335. The Morgan fingerprint density at radius 2 is 1.74 bits per heavy atom. The summed E-state index contributed by atoms with van der Waals surface area (Å²) in [6, 6.07) is 24.7. The first-order valence-electron chi connectivity index (χ1n) is 10.7. The minimum atomic E-state index is -0.999. The van der Waals surface area contributed by atoms with E-state index in [1.165, 1.54) is 7.11 Å². The van der Waals surface area contributed by atoms with Crippen molar-refractivity contribution in [2.24, 2.45) is 5.16 Å². The van der Waals surface area contributed by atoms with Crippen molar-refractivity contribution < 1.29 is 24.2 Å². The average Bonchev–Trinajstić information content (AvgIpc) is 2.85. The standard InChI is InChI=1S/C27H26N2O5/c1-19-14-24(12-13-25(19)22(16-28)15-27(30)31)33-17-20-8-10-23(11-9-20)34-18-26(29-32-2)21-6-4-3-5-7-21/h3-14,22H,15,17-18H2,1-2H3,(H,30,31)/b29-26-. The van der Waals surface area contributed by atoms with Crippen molar-refractivity contribution in [3.8, 4) is 17.6 Å². The summed E-state index contributed by atoms with van der Waals surface area (Å²) >= 11 is 0. The van der Waals surface area contributed by atoms with Gasteiger partial charge in [-0.25, -0.2) is 0 Å². The second-order valence-corrected chi connectivity index (χ2v) is 7.61. The van der Waals surface area contributed by atoms with Gasteiger partial charge < -0.3 is 19.4 Å². The number of nitriles is 1. The second kappa shape index (κ2) is 12.1. The van der Waals surface area contributed by atoms with Gasteiger partial charge in [-0.2, -0.15) is 5.26 Å². The molecule has 0 aliphatic rings. The topological polar surface area (TPSA) is 101 Å². The van der Waals surface area contributed by atoms with Crippen LogP contribution in [0, 0.1) is 18.3 Å². The van der Waals surface area contributed by atoms with Gasteiger partial charge >= 0.3 is 5.97 Å². The molecule has 3 aromatic carbocycles. The van der Waals surface area contributed by atoms with Gasteiger partial charge in [-0.1, -0.05) is 53.7 Å². The van der Waals surface area contributed by atoms with Crippen LogP contribution in [-0.4, -0.2) is 30.5 Å². The predicted octanol–water partition coefficient (Wildman–Crippen LogP) is 5.09. The number of carboxylic acid groups (broad SMARTS) is 1. The summed E-state index contributed by atoms with van der Waals surface area (Å²) in [5, 5.41) is 22.3. The number of oxime groups is 1. The molecule has 0 bridgehead atoms. The molecule has 0 saturated heterocycles. The fraction of sp³-hybridized carbons (Fsp3) is 0.222. The molecule has 0 aromatic heterocycles. The molecule has 1 N–H and O–H groups in total. The Labute approximate surface area is 198 Å². The Kier molecular flexibility index (Phi) is 8.64. The number of ether oxygens (including phenoxy) is 2. The minimum absolute atomic E-state index is 0.226. The van der Waals surface area contributed by atoms with Crippen LogP contribution in [0.15, 0.2) is 78.0 Å². The third-order valence-electron chi connectivity index (χ3n) is 5.16. The fourth-order valence-corrected chi connectivity index (χ4v) is 3.43. The van der Waals surface area contributed by atoms with E-state index in [1.54, 1.807) is 12.1 Å². The Morgan fingerprint density at radius 1 is 1.03 bits per heavy atom. The van der Waals surface area contributed by atoms with Crippen LogP contribution in [0.3, 0.4) is 0 Å². The van der Waals surface area contributed by atoms with Gasteiger partial charge in [-0.15, -0.1) is 0 Å². The van der Waals surface area contributed by atoms with Crippen molar-refractivity contribution >= 4 is 11.7 Å². The van der Waals surface area contributed by atoms with Crippen LogP contribution in [0.2, 0.25) is 0 Å². The molecule has 3 rings (SSSR count). The van der Waals surface area contributed by atoms with Crippen LogP contribution in [0.25, 0.3) is 0 Å². The van der Waals surface area contributed by atoms with Crippen LogP contribution in [0.1, 0.15) is 34.6 Å². The highest BCUT2D eigenvalue weighted by molar-refractivity contribution is 6.01. The number of hydrogen-bond acceptors (Lipinski definition) is 6. The third-order valence-corrected chi connectivity index (χ3v) is 5.16. The van der Waals surface area contributed by atoms with Crippen LogP contribution in [0.4, 0.5) is 0 Å². The van der Waals surface area contributed by atoms with E-state index in [0.717, 1.165) is 16.7 Å². The maximum atomic E-state index is 11.0. The summed E-state index contributed by atoms with van der Waals surface area (Å²) in [5.41, 5.74) is 4.10. The normalized spacial score (nSPS) is 11.9. The van der Waals surface area contributed by atoms with Gasteiger partial charge in [0.25, 0.3) is 0 Å². The summed E-state index contributed by atoms with van der Waals surface area (Å²) in [6.07, 6.45) is -0.226. The van der Waals surface area contributed by atoms with Gasteiger partial charge in [0.1, 0.15) is 37.5 Å². The molecule has 0 radical (unpaired) electrons. The van der Waals surface area contributed by atoms with Crippen molar-refractivity contribution in [3.63, 3.8) is 0 Å². The molecule has 0 saturated carbocycles. The molecule has 0 heterocycles. The summed E-state index contributed by atoms with van der Waals surface area (Å²) in [6.45, 7) is 2.47. The lowest BCUT2D eigenvalue weighted by molar-refractivity contribution is -0.137. The molecular formula is C27H26N2O5. The number of carboxylic acids is 1. The van der Waals surface area contributed by atoms with Gasteiger partial charge in [-0.05, 0) is 47.9 Å². The number of aliphatic carboxylic acids is 1. The third kappa shape index (κ3) is 6.84. The van der Waals surface area contributed by atoms with Crippen LogP contribution >= 0.6 is 0 Å². The number of hydrogen-bond donors (Lipinski definition) is 1. The predicted molar refractivity (Wildman–Crippen MR) is 128 cm³/mol. The highest BCUT2D eigenvalue weighted by atomic mass is 16.6. The van der Waals surface area contributed by atoms with Gasteiger partial charge in [0.15, 0.2) is 0 Å². The molecule has 0 aliphatic carbocycles. The highest BCUT2D eigenvalue weighted by Gasteiger charge is 2.17. The second-order valence-electron chi connectivity index (χ2n) is 7.61. The smallest absolute Gasteiger partial charge is 0.305 e. The van der Waals surface area contributed by atoms with E-state index < -0.39 is 11.9 Å². The lowest BCUT2D eigenvalue weighted by Crippen LogP contribution is -2.13. The first kappa shape index (κ1) is 24.3. The first-order chi connectivity index (χ1) is 16.5. The van der Waals surface area contributed by atoms with Crippen molar-refractivity contribution in [1.29, 1.82) is 5.26 Å². The van der Waals surface area contributed by atoms with Crippen LogP contribution < -0.4 is 9.47 Å². The number of aryl methyl sites for hydroxylation is 1. The zero-order valence-corrected chi connectivity index (χ0v) is 19.1. The minimum Gasteiger partial charge on any atom is -0.489 e. The molecule has 3 aromatic rings. The number of rotatable bonds is 11. The first-order valence-corrected chi connectivity index (χ1v) is 10.7. The number of carbonyl (C=O) groups is 1.